The molecule has 0 aromatic carbocycles. The number of aliphatic imine (C=N–C) groups is 1. The first-order valence-corrected chi connectivity index (χ1v) is 4.57. The molecule has 3 heteroatoms. The minimum atomic E-state index is -0.124. The molecular formula is C9H14N2O. The van der Waals surface area contributed by atoms with E-state index < -0.39 is 0 Å². The monoisotopic (exact) mass is 166 g/mol. The summed E-state index contributed by atoms with van der Waals surface area (Å²) in [6.45, 7) is 4.06. The second-order valence-electron chi connectivity index (χ2n) is 3.97. The highest BCUT2D eigenvalue weighted by atomic mass is 16.2. The Bertz CT molecular complexity index is 241. The third kappa shape index (κ3) is 1.24. The molecule has 0 radical (unpaired) electrons. The lowest BCUT2D eigenvalue weighted by atomic mass is 10.1. The van der Waals surface area contributed by atoms with Gasteiger partial charge in [-0.2, -0.15) is 0 Å². The third-order valence-corrected chi connectivity index (χ3v) is 2.39. The van der Waals surface area contributed by atoms with Crippen molar-refractivity contribution in [3.63, 3.8) is 0 Å². The summed E-state index contributed by atoms with van der Waals surface area (Å²) in [5, 5.41) is 2.86. The normalized spacial score (nSPS) is 29.1. The Morgan fingerprint density at radius 3 is 2.58 bits per heavy atom. The number of amidine groups is 1. The molecule has 1 saturated carbocycles. The van der Waals surface area contributed by atoms with E-state index in [2.05, 4.69) is 10.3 Å². The molecule has 0 aromatic heterocycles. The summed E-state index contributed by atoms with van der Waals surface area (Å²) in [6, 6.07) is -0.124. The van der Waals surface area contributed by atoms with E-state index in [9.17, 15) is 4.79 Å². The SMILES string of the molecule is CC(C)C1N=C(C2CC2)NC1=O. The number of amides is 1. The summed E-state index contributed by atoms with van der Waals surface area (Å²) >= 11 is 0. The van der Waals surface area contributed by atoms with E-state index in [4.69, 9.17) is 0 Å². The van der Waals surface area contributed by atoms with Gasteiger partial charge in [0.2, 0.25) is 5.91 Å². The highest BCUT2D eigenvalue weighted by Gasteiger charge is 2.36. The van der Waals surface area contributed by atoms with Crippen molar-refractivity contribution in [2.45, 2.75) is 32.7 Å². The van der Waals surface area contributed by atoms with Crippen LogP contribution in [0.1, 0.15) is 26.7 Å². The molecule has 1 amide bonds. The zero-order valence-corrected chi connectivity index (χ0v) is 7.50. The Kier molecular flexibility index (Phi) is 1.67. The number of rotatable bonds is 2. The number of nitrogens with one attached hydrogen (secondary N) is 1. The number of carbonyl (C=O) groups is 1. The molecule has 0 spiro atoms. The lowest BCUT2D eigenvalue weighted by Crippen LogP contribution is -2.31. The van der Waals surface area contributed by atoms with Gasteiger partial charge in [-0.25, -0.2) is 0 Å². The van der Waals surface area contributed by atoms with Crippen molar-refractivity contribution >= 4 is 11.7 Å². The maximum Gasteiger partial charge on any atom is 0.250 e. The van der Waals surface area contributed by atoms with Gasteiger partial charge in [0.1, 0.15) is 11.9 Å². The summed E-state index contributed by atoms with van der Waals surface area (Å²) < 4.78 is 0. The van der Waals surface area contributed by atoms with E-state index in [0.717, 1.165) is 5.84 Å². The van der Waals surface area contributed by atoms with E-state index in [1.54, 1.807) is 0 Å². The predicted octanol–water partition coefficient (Wildman–Crippen LogP) is 0.949. The fourth-order valence-electron chi connectivity index (χ4n) is 1.46. The maximum atomic E-state index is 11.3. The highest BCUT2D eigenvalue weighted by Crippen LogP contribution is 2.32. The molecule has 0 aromatic rings. The first kappa shape index (κ1) is 7.77. The van der Waals surface area contributed by atoms with Gasteiger partial charge in [-0.05, 0) is 18.8 Å². The fraction of sp³-hybridized carbons (Fsp3) is 0.778. The second-order valence-corrected chi connectivity index (χ2v) is 3.97. The van der Waals surface area contributed by atoms with Crippen LogP contribution < -0.4 is 5.32 Å². The van der Waals surface area contributed by atoms with Gasteiger partial charge in [-0.1, -0.05) is 13.8 Å². The van der Waals surface area contributed by atoms with Crippen LogP contribution in [0.3, 0.4) is 0 Å². The van der Waals surface area contributed by atoms with Crippen molar-refractivity contribution in [3.05, 3.63) is 0 Å². The van der Waals surface area contributed by atoms with Crippen LogP contribution in [-0.2, 0) is 4.79 Å². The fourth-order valence-corrected chi connectivity index (χ4v) is 1.46. The molecule has 1 aliphatic carbocycles. The standard InChI is InChI=1S/C9H14N2O/c1-5(2)7-9(12)11-8(10-7)6-3-4-6/h5-7H,3-4H2,1-2H3,(H,10,11,12). The van der Waals surface area contributed by atoms with Crippen LogP contribution in [0, 0.1) is 11.8 Å². The Morgan fingerprint density at radius 2 is 2.17 bits per heavy atom. The van der Waals surface area contributed by atoms with E-state index in [1.807, 2.05) is 13.8 Å². The summed E-state index contributed by atoms with van der Waals surface area (Å²) in [7, 11) is 0. The summed E-state index contributed by atoms with van der Waals surface area (Å²) in [5.41, 5.74) is 0. The highest BCUT2D eigenvalue weighted by molar-refractivity contribution is 6.07. The summed E-state index contributed by atoms with van der Waals surface area (Å²) in [6.07, 6.45) is 2.40. The van der Waals surface area contributed by atoms with Crippen molar-refractivity contribution in [2.24, 2.45) is 16.8 Å². The molecule has 2 aliphatic rings. The summed E-state index contributed by atoms with van der Waals surface area (Å²) in [4.78, 5) is 15.7. The van der Waals surface area contributed by atoms with Gasteiger partial charge in [-0.15, -0.1) is 0 Å². The Balaban J connectivity index is 2.10. The second kappa shape index (κ2) is 2.57. The van der Waals surface area contributed by atoms with E-state index >= 15 is 0 Å². The van der Waals surface area contributed by atoms with Gasteiger partial charge in [0.15, 0.2) is 0 Å². The van der Waals surface area contributed by atoms with Crippen LogP contribution in [0.4, 0.5) is 0 Å². The van der Waals surface area contributed by atoms with Crippen molar-refractivity contribution < 1.29 is 4.79 Å². The molecule has 1 fully saturated rings. The van der Waals surface area contributed by atoms with Crippen LogP contribution in [0.5, 0.6) is 0 Å². The first-order valence-electron chi connectivity index (χ1n) is 4.57. The van der Waals surface area contributed by atoms with Crippen molar-refractivity contribution in [1.29, 1.82) is 0 Å². The molecule has 66 valence electrons. The zero-order chi connectivity index (χ0) is 8.72. The molecule has 0 bridgehead atoms. The third-order valence-electron chi connectivity index (χ3n) is 2.39. The predicted molar refractivity (Wildman–Crippen MR) is 46.9 cm³/mol. The van der Waals surface area contributed by atoms with Gasteiger partial charge in [-0.3, -0.25) is 9.79 Å². The maximum absolute atomic E-state index is 11.3. The van der Waals surface area contributed by atoms with Crippen LogP contribution in [0.25, 0.3) is 0 Å². The van der Waals surface area contributed by atoms with Crippen LogP contribution >= 0.6 is 0 Å². The smallest absolute Gasteiger partial charge is 0.250 e. The molecule has 0 saturated heterocycles. The molecule has 1 unspecified atom stereocenters. The quantitative estimate of drug-likeness (QED) is 0.652. The van der Waals surface area contributed by atoms with Crippen molar-refractivity contribution in [3.8, 4) is 0 Å². The zero-order valence-electron chi connectivity index (χ0n) is 7.50. The lowest BCUT2D eigenvalue weighted by molar-refractivity contribution is -0.120. The molecule has 1 N–H and O–H groups in total. The molecule has 12 heavy (non-hydrogen) atoms. The van der Waals surface area contributed by atoms with Crippen molar-refractivity contribution in [1.82, 2.24) is 5.32 Å². The van der Waals surface area contributed by atoms with Gasteiger partial charge in [0, 0.05) is 5.92 Å². The number of nitrogens with zero attached hydrogens (tertiary/aromatic N) is 1. The minimum Gasteiger partial charge on any atom is -0.312 e. The van der Waals surface area contributed by atoms with Gasteiger partial charge in [0.05, 0.1) is 0 Å². The van der Waals surface area contributed by atoms with Gasteiger partial charge >= 0.3 is 0 Å². The Morgan fingerprint density at radius 1 is 1.50 bits per heavy atom. The average Bonchev–Trinajstić information content (AvgIpc) is 2.75. The molecule has 1 aliphatic heterocycles. The lowest BCUT2D eigenvalue weighted by Gasteiger charge is -2.06. The van der Waals surface area contributed by atoms with E-state index in [0.29, 0.717) is 11.8 Å². The average molecular weight is 166 g/mol. The number of hydrogen-bond donors (Lipinski definition) is 1. The van der Waals surface area contributed by atoms with Crippen LogP contribution in [0.2, 0.25) is 0 Å². The van der Waals surface area contributed by atoms with Gasteiger partial charge < -0.3 is 5.32 Å². The summed E-state index contributed by atoms with van der Waals surface area (Å²) in [5.74, 6) is 1.92. The topological polar surface area (TPSA) is 41.5 Å². The number of carbonyl (C=O) groups excluding carboxylic acids is 1. The Labute approximate surface area is 72.3 Å². The largest absolute Gasteiger partial charge is 0.312 e. The molecule has 3 nitrogen and oxygen atoms in total. The molecular weight excluding hydrogens is 152 g/mol. The molecule has 2 rings (SSSR count). The van der Waals surface area contributed by atoms with Crippen LogP contribution in [-0.4, -0.2) is 17.8 Å². The molecule has 1 atom stereocenters. The van der Waals surface area contributed by atoms with Crippen LogP contribution in [0.15, 0.2) is 4.99 Å². The Hall–Kier alpha value is -0.860. The minimum absolute atomic E-state index is 0.0897. The molecule has 1 heterocycles. The van der Waals surface area contributed by atoms with Crippen molar-refractivity contribution in [2.75, 3.05) is 0 Å². The number of hydrogen-bond acceptors (Lipinski definition) is 2. The van der Waals surface area contributed by atoms with Gasteiger partial charge in [0.25, 0.3) is 0 Å². The first-order chi connectivity index (χ1) is 5.68. The van der Waals surface area contributed by atoms with E-state index in [1.165, 1.54) is 12.8 Å². The van der Waals surface area contributed by atoms with E-state index in [-0.39, 0.29) is 11.9 Å².